The molecule has 0 aliphatic carbocycles. The second-order valence-corrected chi connectivity index (χ2v) is 7.60. The van der Waals surface area contributed by atoms with Crippen LogP contribution in [0.4, 0.5) is 0 Å². The first kappa shape index (κ1) is 22.1. The van der Waals surface area contributed by atoms with Crippen LogP contribution in [0.25, 0.3) is 5.69 Å². The highest BCUT2D eigenvalue weighted by molar-refractivity contribution is 6.42. The molecule has 0 saturated heterocycles. The number of amides is 1. The fourth-order valence-corrected chi connectivity index (χ4v) is 3.18. The summed E-state index contributed by atoms with van der Waals surface area (Å²) in [7, 11) is 0. The number of benzene rings is 2. The molecule has 7 heteroatoms. The van der Waals surface area contributed by atoms with Gasteiger partial charge in [-0.2, -0.15) is 5.10 Å². The van der Waals surface area contributed by atoms with Crippen LogP contribution >= 0.6 is 23.2 Å². The van der Waals surface area contributed by atoms with Crippen LogP contribution in [0, 0.1) is 0 Å². The minimum Gasteiger partial charge on any atom is -0.478 e. The van der Waals surface area contributed by atoms with Crippen molar-refractivity contribution in [2.75, 3.05) is 6.61 Å². The molecule has 0 bridgehead atoms. The lowest BCUT2D eigenvalue weighted by molar-refractivity contribution is -0.117. The van der Waals surface area contributed by atoms with Gasteiger partial charge in [-0.25, -0.2) is 9.67 Å². The topological polar surface area (TPSA) is 56.5 Å². The van der Waals surface area contributed by atoms with E-state index in [9.17, 15) is 4.79 Å². The highest BCUT2D eigenvalue weighted by Gasteiger charge is 2.08. The summed E-state index contributed by atoms with van der Waals surface area (Å²) in [5, 5.41) is 5.75. The first-order valence-corrected chi connectivity index (χ1v) is 10.6. The molecule has 1 aromatic heterocycles. The van der Waals surface area contributed by atoms with Crippen LogP contribution in [-0.2, 0) is 11.2 Å². The van der Waals surface area contributed by atoms with Gasteiger partial charge in [-0.05, 0) is 36.2 Å². The van der Waals surface area contributed by atoms with Crippen LogP contribution < -0.4 is 10.1 Å². The molecule has 30 heavy (non-hydrogen) atoms. The maximum atomic E-state index is 12.4. The molecular weight excluding hydrogens is 421 g/mol. The molecule has 1 amide bonds. The minimum absolute atomic E-state index is 0.122. The smallest absolute Gasteiger partial charge is 0.250 e. The van der Waals surface area contributed by atoms with Crippen molar-refractivity contribution in [3.63, 3.8) is 0 Å². The lowest BCUT2D eigenvalue weighted by atomic mass is 10.1. The zero-order valence-corrected chi connectivity index (χ0v) is 18.2. The second-order valence-electron chi connectivity index (χ2n) is 6.79. The number of ether oxygens (including phenoxy) is 1. The van der Waals surface area contributed by atoms with Crippen molar-refractivity contribution in [1.82, 2.24) is 9.78 Å². The van der Waals surface area contributed by atoms with E-state index in [1.165, 1.54) is 0 Å². The summed E-state index contributed by atoms with van der Waals surface area (Å²) in [6.07, 6.45) is 4.82. The van der Waals surface area contributed by atoms with Crippen LogP contribution in [0.1, 0.15) is 31.7 Å². The van der Waals surface area contributed by atoms with Gasteiger partial charge in [-0.3, -0.25) is 4.79 Å². The van der Waals surface area contributed by atoms with E-state index in [4.69, 9.17) is 27.9 Å². The Kier molecular flexibility index (Phi) is 8.05. The molecule has 5 nitrogen and oxygen atoms in total. The van der Waals surface area contributed by atoms with Crippen molar-refractivity contribution < 1.29 is 9.53 Å². The van der Waals surface area contributed by atoms with Crippen molar-refractivity contribution >= 4 is 29.1 Å². The summed E-state index contributed by atoms with van der Waals surface area (Å²) in [5.41, 5.74) is 1.62. The monoisotopic (exact) mass is 443 g/mol. The first-order valence-electron chi connectivity index (χ1n) is 9.86. The van der Waals surface area contributed by atoms with Gasteiger partial charge >= 0.3 is 0 Å². The van der Waals surface area contributed by atoms with E-state index >= 15 is 0 Å². The number of halogens is 2. The third kappa shape index (κ3) is 6.18. The van der Waals surface area contributed by atoms with Gasteiger partial charge in [-0.15, -0.1) is 0 Å². The van der Waals surface area contributed by atoms with E-state index in [0.29, 0.717) is 27.9 Å². The molecule has 1 heterocycles. The largest absolute Gasteiger partial charge is 0.478 e. The first-order chi connectivity index (χ1) is 14.6. The number of hydrogen-bond acceptors (Lipinski definition) is 3. The van der Waals surface area contributed by atoms with Crippen molar-refractivity contribution in [1.29, 1.82) is 0 Å². The third-order valence-corrected chi connectivity index (χ3v) is 5.12. The quantitative estimate of drug-likeness (QED) is 0.436. The summed E-state index contributed by atoms with van der Waals surface area (Å²) in [6.45, 7) is 2.72. The number of para-hydroxylation sites is 1. The summed E-state index contributed by atoms with van der Waals surface area (Å²) in [5.74, 6) is 0.241. The third-order valence-electron chi connectivity index (χ3n) is 4.38. The van der Waals surface area contributed by atoms with Gasteiger partial charge in [0.25, 0.3) is 5.91 Å². The normalized spacial score (nSPS) is 11.5. The Balaban J connectivity index is 1.84. The van der Waals surface area contributed by atoms with E-state index in [-0.39, 0.29) is 12.3 Å². The number of carbonyl (C=O) groups excluding carboxylic acids is 1. The van der Waals surface area contributed by atoms with Crippen molar-refractivity contribution in [3.8, 4) is 11.6 Å². The molecule has 0 saturated carbocycles. The van der Waals surface area contributed by atoms with Gasteiger partial charge in [0, 0.05) is 6.07 Å². The molecule has 2 aromatic carbocycles. The maximum Gasteiger partial charge on any atom is 0.250 e. The van der Waals surface area contributed by atoms with E-state index in [2.05, 4.69) is 17.0 Å². The van der Waals surface area contributed by atoms with Crippen LogP contribution in [0.3, 0.4) is 0 Å². The zero-order valence-electron chi connectivity index (χ0n) is 16.7. The maximum absolute atomic E-state index is 12.4. The van der Waals surface area contributed by atoms with Crippen LogP contribution in [-0.4, -0.2) is 22.3 Å². The molecule has 156 valence electrons. The number of hydrogen-bond donors (Lipinski definition) is 0. The summed E-state index contributed by atoms with van der Waals surface area (Å²) >= 11 is 11.9. The van der Waals surface area contributed by atoms with Gasteiger partial charge in [0.15, 0.2) is 0 Å². The fourth-order valence-electron chi connectivity index (χ4n) is 2.86. The molecule has 0 N–H and O–H groups in total. The Morgan fingerprint density at radius 3 is 2.60 bits per heavy atom. The van der Waals surface area contributed by atoms with E-state index < -0.39 is 0 Å². The molecule has 3 rings (SSSR count). The molecule has 0 atom stereocenters. The van der Waals surface area contributed by atoms with Gasteiger partial charge in [0.1, 0.15) is 0 Å². The van der Waals surface area contributed by atoms with Gasteiger partial charge in [0.2, 0.25) is 5.88 Å². The highest BCUT2D eigenvalue weighted by atomic mass is 35.5. The Hall–Kier alpha value is -2.63. The molecule has 0 unspecified atom stereocenters. The Morgan fingerprint density at radius 2 is 1.87 bits per heavy atom. The molecule has 0 fully saturated rings. The number of carbonyl (C=O) groups is 1. The highest BCUT2D eigenvalue weighted by Crippen LogP contribution is 2.23. The Labute approximate surface area is 185 Å². The summed E-state index contributed by atoms with van der Waals surface area (Å²) in [4.78, 5) is 16.6. The molecule has 0 aliphatic rings. The SMILES string of the molecule is CCCCCOc1cc(=NC(=O)Cc2ccc(Cl)c(Cl)c2)cnn1-c1ccccc1. The lowest BCUT2D eigenvalue weighted by Gasteiger charge is -2.13. The second kappa shape index (κ2) is 11.0. The molecule has 0 aliphatic heterocycles. The van der Waals surface area contributed by atoms with Crippen LogP contribution in [0.2, 0.25) is 10.0 Å². The molecule has 0 spiro atoms. The average molecular weight is 444 g/mol. The Morgan fingerprint density at radius 1 is 1.07 bits per heavy atom. The standard InChI is InChI=1S/C23H23Cl2N3O2/c1-2-3-7-12-30-23-15-18(16-26-28(23)19-8-5-4-6-9-19)27-22(29)14-17-10-11-20(24)21(25)13-17/h4-6,8-11,13,15-16H,2-3,7,12,14H2,1H3. The van der Waals surface area contributed by atoms with Gasteiger partial charge in [-0.1, -0.05) is 67.2 Å². The molecule has 0 radical (unpaired) electrons. The summed E-state index contributed by atoms with van der Waals surface area (Å²) in [6, 6.07) is 16.5. The van der Waals surface area contributed by atoms with Crippen molar-refractivity contribution in [2.45, 2.75) is 32.6 Å². The fraction of sp³-hybridized carbons (Fsp3) is 0.261. The average Bonchev–Trinajstić information content (AvgIpc) is 2.74. The molecule has 3 aromatic rings. The van der Waals surface area contributed by atoms with E-state index in [1.54, 1.807) is 35.1 Å². The lowest BCUT2D eigenvalue weighted by Crippen LogP contribution is -2.16. The van der Waals surface area contributed by atoms with Crippen molar-refractivity contribution in [2.24, 2.45) is 4.99 Å². The number of aromatic nitrogens is 2. The number of unbranched alkanes of at least 4 members (excludes halogenated alkanes) is 2. The van der Waals surface area contributed by atoms with Gasteiger partial charge < -0.3 is 4.74 Å². The van der Waals surface area contributed by atoms with Crippen LogP contribution in [0.5, 0.6) is 5.88 Å². The predicted molar refractivity (Wildman–Crippen MR) is 119 cm³/mol. The molecular formula is C23H23Cl2N3O2. The summed E-state index contributed by atoms with van der Waals surface area (Å²) < 4.78 is 7.66. The number of nitrogens with zero attached hydrogens (tertiary/aromatic N) is 3. The number of rotatable bonds is 8. The van der Waals surface area contributed by atoms with Crippen LogP contribution in [0.15, 0.2) is 65.8 Å². The minimum atomic E-state index is -0.301. The van der Waals surface area contributed by atoms with Crippen molar-refractivity contribution in [3.05, 3.63) is 81.8 Å². The van der Waals surface area contributed by atoms with E-state index in [0.717, 1.165) is 30.5 Å². The Bertz CT molecular complexity index is 1070. The van der Waals surface area contributed by atoms with E-state index in [1.807, 2.05) is 30.3 Å². The zero-order chi connectivity index (χ0) is 21.3. The van der Waals surface area contributed by atoms with Gasteiger partial charge in [0.05, 0.1) is 40.3 Å². The predicted octanol–water partition coefficient (Wildman–Crippen LogP) is 5.42.